The number of rotatable bonds is 3. The summed E-state index contributed by atoms with van der Waals surface area (Å²) in [5.74, 6) is 0.803. The molecular weight excluding hydrogens is 281 g/mol. The molecule has 0 amide bonds. The molecule has 2 aromatic rings. The smallest absolute Gasteiger partial charge is 0.231 e. The second-order valence-corrected chi connectivity index (χ2v) is 5.18. The molecule has 1 aliphatic carbocycles. The molecule has 108 valence electrons. The SMILES string of the molecule is Cl.NC1(c2noc(Cc3cccc(F)c3)n2)CCCC1. The van der Waals surface area contributed by atoms with Crippen molar-refractivity contribution in [2.75, 3.05) is 0 Å². The first-order chi connectivity index (χ1) is 9.16. The van der Waals surface area contributed by atoms with Crippen LogP contribution in [0.2, 0.25) is 0 Å². The van der Waals surface area contributed by atoms with Gasteiger partial charge in [0.15, 0.2) is 5.82 Å². The summed E-state index contributed by atoms with van der Waals surface area (Å²) in [6, 6.07) is 6.39. The summed E-state index contributed by atoms with van der Waals surface area (Å²) < 4.78 is 18.3. The van der Waals surface area contributed by atoms with Gasteiger partial charge < -0.3 is 10.3 Å². The first kappa shape index (κ1) is 14.9. The quantitative estimate of drug-likeness (QED) is 0.946. The lowest BCUT2D eigenvalue weighted by Gasteiger charge is -2.17. The molecule has 20 heavy (non-hydrogen) atoms. The lowest BCUT2D eigenvalue weighted by Crippen LogP contribution is -2.34. The normalized spacial score (nSPS) is 16.9. The highest BCUT2D eigenvalue weighted by molar-refractivity contribution is 5.85. The average Bonchev–Trinajstić information content (AvgIpc) is 2.99. The van der Waals surface area contributed by atoms with Crippen molar-refractivity contribution in [3.63, 3.8) is 0 Å². The van der Waals surface area contributed by atoms with Crippen LogP contribution in [0.5, 0.6) is 0 Å². The Morgan fingerprint density at radius 3 is 2.75 bits per heavy atom. The zero-order valence-electron chi connectivity index (χ0n) is 11.0. The van der Waals surface area contributed by atoms with Crippen molar-refractivity contribution < 1.29 is 8.91 Å². The molecule has 0 unspecified atom stereocenters. The summed E-state index contributed by atoms with van der Waals surface area (Å²) in [7, 11) is 0. The molecule has 1 aliphatic rings. The Morgan fingerprint density at radius 2 is 2.05 bits per heavy atom. The fourth-order valence-electron chi connectivity index (χ4n) is 2.58. The van der Waals surface area contributed by atoms with Crippen molar-refractivity contribution in [2.45, 2.75) is 37.6 Å². The van der Waals surface area contributed by atoms with Gasteiger partial charge in [0.25, 0.3) is 0 Å². The van der Waals surface area contributed by atoms with Crippen molar-refractivity contribution in [3.05, 3.63) is 47.4 Å². The van der Waals surface area contributed by atoms with E-state index in [1.165, 1.54) is 12.1 Å². The van der Waals surface area contributed by atoms with Crippen molar-refractivity contribution >= 4 is 12.4 Å². The van der Waals surface area contributed by atoms with Crippen LogP contribution in [0.3, 0.4) is 0 Å². The molecule has 0 aliphatic heterocycles. The number of benzene rings is 1. The molecule has 0 bridgehead atoms. The van der Waals surface area contributed by atoms with Crippen molar-refractivity contribution in [2.24, 2.45) is 5.73 Å². The van der Waals surface area contributed by atoms with Crippen LogP contribution in [-0.2, 0) is 12.0 Å². The predicted octanol–water partition coefficient (Wildman–Crippen LogP) is 2.95. The molecule has 1 fully saturated rings. The summed E-state index contributed by atoms with van der Waals surface area (Å²) in [5, 5.41) is 3.98. The Bertz CT molecular complexity index is 581. The van der Waals surface area contributed by atoms with Crippen molar-refractivity contribution in [1.29, 1.82) is 0 Å². The van der Waals surface area contributed by atoms with E-state index in [0.29, 0.717) is 18.1 Å². The third kappa shape index (κ3) is 2.99. The zero-order chi connectivity index (χ0) is 13.3. The van der Waals surface area contributed by atoms with Crippen LogP contribution in [0.4, 0.5) is 4.39 Å². The summed E-state index contributed by atoms with van der Waals surface area (Å²) in [6.07, 6.45) is 4.42. The summed E-state index contributed by atoms with van der Waals surface area (Å²) in [6.45, 7) is 0. The van der Waals surface area contributed by atoms with Gasteiger partial charge in [-0.2, -0.15) is 4.98 Å². The number of hydrogen-bond acceptors (Lipinski definition) is 4. The maximum atomic E-state index is 13.1. The third-order valence-electron chi connectivity index (χ3n) is 3.65. The number of hydrogen-bond donors (Lipinski definition) is 1. The van der Waals surface area contributed by atoms with E-state index in [4.69, 9.17) is 10.3 Å². The van der Waals surface area contributed by atoms with Crippen LogP contribution in [-0.4, -0.2) is 10.1 Å². The van der Waals surface area contributed by atoms with Crippen LogP contribution in [0.15, 0.2) is 28.8 Å². The maximum Gasteiger partial charge on any atom is 0.231 e. The van der Waals surface area contributed by atoms with Crippen LogP contribution >= 0.6 is 12.4 Å². The first-order valence-electron chi connectivity index (χ1n) is 6.52. The van der Waals surface area contributed by atoms with Crippen molar-refractivity contribution in [3.8, 4) is 0 Å². The van der Waals surface area contributed by atoms with Gasteiger partial charge in [0.1, 0.15) is 5.82 Å². The van der Waals surface area contributed by atoms with Gasteiger partial charge in [-0.15, -0.1) is 12.4 Å². The lowest BCUT2D eigenvalue weighted by atomic mass is 9.99. The summed E-state index contributed by atoms with van der Waals surface area (Å²) in [4.78, 5) is 4.36. The highest BCUT2D eigenvalue weighted by Gasteiger charge is 2.35. The number of nitrogens with two attached hydrogens (primary N) is 1. The van der Waals surface area contributed by atoms with E-state index in [1.54, 1.807) is 6.07 Å². The fraction of sp³-hybridized carbons (Fsp3) is 0.429. The van der Waals surface area contributed by atoms with E-state index < -0.39 is 5.54 Å². The average molecular weight is 298 g/mol. The monoisotopic (exact) mass is 297 g/mol. The zero-order valence-corrected chi connectivity index (χ0v) is 11.8. The maximum absolute atomic E-state index is 13.1. The van der Waals surface area contributed by atoms with Gasteiger partial charge in [-0.3, -0.25) is 0 Å². The minimum atomic E-state index is -0.441. The molecule has 1 aromatic carbocycles. The van der Waals surface area contributed by atoms with Crippen LogP contribution in [0, 0.1) is 5.82 Å². The third-order valence-corrected chi connectivity index (χ3v) is 3.65. The molecule has 1 saturated carbocycles. The Kier molecular flexibility index (Phi) is 4.40. The van der Waals surface area contributed by atoms with Gasteiger partial charge in [0, 0.05) is 0 Å². The molecule has 0 atom stereocenters. The lowest BCUT2D eigenvalue weighted by molar-refractivity contribution is 0.352. The minimum absolute atomic E-state index is 0. The Morgan fingerprint density at radius 1 is 1.30 bits per heavy atom. The summed E-state index contributed by atoms with van der Waals surface area (Å²) >= 11 is 0. The topological polar surface area (TPSA) is 64.9 Å². The van der Waals surface area contributed by atoms with E-state index in [0.717, 1.165) is 31.2 Å². The molecule has 1 heterocycles. The van der Waals surface area contributed by atoms with E-state index >= 15 is 0 Å². The molecule has 0 saturated heterocycles. The van der Waals surface area contributed by atoms with E-state index in [2.05, 4.69) is 10.1 Å². The number of nitrogens with zero attached hydrogens (tertiary/aromatic N) is 2. The minimum Gasteiger partial charge on any atom is -0.339 e. The molecule has 2 N–H and O–H groups in total. The molecular formula is C14H17ClFN3O. The number of halogens is 2. The Labute approximate surface area is 123 Å². The Balaban J connectivity index is 0.00000147. The fourth-order valence-corrected chi connectivity index (χ4v) is 2.58. The van der Waals surface area contributed by atoms with E-state index in [9.17, 15) is 4.39 Å². The molecule has 6 heteroatoms. The molecule has 1 aromatic heterocycles. The van der Waals surface area contributed by atoms with Crippen LogP contribution in [0.25, 0.3) is 0 Å². The van der Waals surface area contributed by atoms with Gasteiger partial charge in [-0.05, 0) is 30.5 Å². The van der Waals surface area contributed by atoms with Crippen LogP contribution in [0.1, 0.15) is 43.0 Å². The van der Waals surface area contributed by atoms with Gasteiger partial charge in [-0.1, -0.05) is 30.1 Å². The molecule has 0 radical (unpaired) electrons. The second kappa shape index (κ2) is 5.89. The van der Waals surface area contributed by atoms with E-state index in [-0.39, 0.29) is 18.2 Å². The van der Waals surface area contributed by atoms with Gasteiger partial charge in [0.2, 0.25) is 5.89 Å². The van der Waals surface area contributed by atoms with Crippen molar-refractivity contribution in [1.82, 2.24) is 10.1 Å². The molecule has 3 rings (SSSR count). The Hall–Kier alpha value is -1.46. The van der Waals surface area contributed by atoms with Gasteiger partial charge >= 0.3 is 0 Å². The highest BCUT2D eigenvalue weighted by atomic mass is 35.5. The second-order valence-electron chi connectivity index (χ2n) is 5.18. The largest absolute Gasteiger partial charge is 0.339 e. The highest BCUT2D eigenvalue weighted by Crippen LogP contribution is 2.34. The molecule has 0 spiro atoms. The number of aromatic nitrogens is 2. The predicted molar refractivity (Wildman–Crippen MR) is 75.1 cm³/mol. The van der Waals surface area contributed by atoms with E-state index in [1.807, 2.05) is 6.07 Å². The first-order valence-corrected chi connectivity index (χ1v) is 6.52. The van der Waals surface area contributed by atoms with Gasteiger partial charge in [0.05, 0.1) is 12.0 Å². The molecule has 4 nitrogen and oxygen atoms in total. The van der Waals surface area contributed by atoms with Gasteiger partial charge in [-0.25, -0.2) is 4.39 Å². The standard InChI is InChI=1S/C14H16FN3O.ClH/c15-11-5-3-4-10(8-11)9-12-17-13(18-19-12)14(16)6-1-2-7-14;/h3-5,8H,1-2,6-7,9,16H2;1H. The van der Waals surface area contributed by atoms with Crippen LogP contribution < -0.4 is 5.73 Å². The summed E-state index contributed by atoms with van der Waals surface area (Å²) in [5.41, 5.74) is 6.64.